The summed E-state index contributed by atoms with van der Waals surface area (Å²) in [5.41, 5.74) is 8.72. The Bertz CT molecular complexity index is 1540. The normalized spacial score (nSPS) is 22.3. The molecule has 3 aliphatic carbocycles. The molecule has 2 bridgehead atoms. The van der Waals surface area contributed by atoms with Gasteiger partial charge in [-0.15, -0.1) is 11.3 Å². The molecule has 0 atom stereocenters. The number of nitrogens with two attached hydrogens (primary N) is 1. The topological polar surface area (TPSA) is 144 Å². The molecule has 0 radical (unpaired) electrons. The smallest absolute Gasteiger partial charge is 0.355 e. The second-order valence-electron chi connectivity index (χ2n) is 11.9. The van der Waals surface area contributed by atoms with Crippen molar-refractivity contribution in [2.75, 3.05) is 19.7 Å². The lowest BCUT2D eigenvalue weighted by atomic mass is 9.57. The molecule has 0 saturated heterocycles. The zero-order chi connectivity index (χ0) is 29.5. The van der Waals surface area contributed by atoms with Crippen LogP contribution in [0, 0.1) is 5.41 Å². The number of hydrogen-bond donors (Lipinski definition) is 4. The summed E-state index contributed by atoms with van der Waals surface area (Å²) in [6.45, 7) is 3.53. The van der Waals surface area contributed by atoms with Gasteiger partial charge in [0.15, 0.2) is 5.69 Å². The number of rotatable bonds is 8. The molecular weight excluding hydrogens is 552 g/mol. The average Bonchev–Trinajstić information content (AvgIpc) is 3.41. The highest BCUT2D eigenvalue weighted by molar-refractivity contribution is 7.13. The standard InChI is InChI=1S/C32H36N4O5S/c1-2-13-34-29(38)24-4-3-20(26(35-24)30(39)40)21-17-25-23(27-19(5-14-41-25)6-15-42-27)16-22(21)28(37)36-32-10-7-31(18-33,8-11-32)9-12-32/h3-4,6,15-17H,2,5,7-14,18,33H2,1H3,(H,34,38)(H,36,37)(H,39,40). The van der Waals surface area contributed by atoms with Crippen molar-refractivity contribution in [3.05, 3.63) is 58.2 Å². The summed E-state index contributed by atoms with van der Waals surface area (Å²) in [6.07, 6.45) is 7.06. The van der Waals surface area contributed by atoms with Crippen molar-refractivity contribution in [2.24, 2.45) is 11.1 Å². The summed E-state index contributed by atoms with van der Waals surface area (Å²) in [7, 11) is 0. The molecule has 3 aromatic rings. The minimum absolute atomic E-state index is 0.0107. The maximum Gasteiger partial charge on any atom is 0.355 e. The molecule has 3 saturated carbocycles. The molecule has 2 amide bonds. The molecule has 2 aromatic heterocycles. The number of aromatic nitrogens is 1. The van der Waals surface area contributed by atoms with Gasteiger partial charge in [0.2, 0.25) is 0 Å². The number of nitrogens with zero attached hydrogens (tertiary/aromatic N) is 1. The van der Waals surface area contributed by atoms with Gasteiger partial charge in [0.05, 0.1) is 6.61 Å². The third-order valence-electron chi connectivity index (χ3n) is 9.35. The molecule has 1 aromatic carbocycles. The van der Waals surface area contributed by atoms with Crippen LogP contribution in [0.1, 0.15) is 88.8 Å². The Morgan fingerprint density at radius 1 is 1.02 bits per heavy atom. The number of carbonyl (C=O) groups is 3. The molecular formula is C32H36N4O5S. The van der Waals surface area contributed by atoms with E-state index in [0.29, 0.717) is 36.6 Å². The van der Waals surface area contributed by atoms with Crippen LogP contribution in [0.3, 0.4) is 0 Å². The lowest BCUT2D eigenvalue weighted by Gasteiger charge is -2.53. The van der Waals surface area contributed by atoms with E-state index in [-0.39, 0.29) is 33.8 Å². The lowest BCUT2D eigenvalue weighted by Crippen LogP contribution is -2.58. The molecule has 220 valence electrons. The number of hydrogen-bond acceptors (Lipinski definition) is 7. The van der Waals surface area contributed by atoms with Crippen molar-refractivity contribution in [3.63, 3.8) is 0 Å². The van der Waals surface area contributed by atoms with E-state index in [9.17, 15) is 19.5 Å². The molecule has 1 aliphatic heterocycles. The Hall–Kier alpha value is -3.76. The number of nitrogens with one attached hydrogen (secondary N) is 2. The van der Waals surface area contributed by atoms with Crippen molar-refractivity contribution < 1.29 is 24.2 Å². The van der Waals surface area contributed by atoms with Crippen molar-refractivity contribution in [1.82, 2.24) is 15.6 Å². The molecule has 0 spiro atoms. The minimum Gasteiger partial charge on any atom is -0.493 e. The minimum atomic E-state index is -1.28. The second-order valence-corrected chi connectivity index (χ2v) is 12.8. The SMILES string of the molecule is CCCNC(=O)c1ccc(-c2cc3c(cc2C(=O)NC24CCC(CN)(CC2)CC4)-c2sccc2CCO3)c(C(=O)O)n1. The number of carboxylic acid groups (broad SMARTS) is 1. The van der Waals surface area contributed by atoms with E-state index in [1.165, 1.54) is 6.07 Å². The molecule has 3 heterocycles. The van der Waals surface area contributed by atoms with E-state index in [2.05, 4.69) is 21.7 Å². The number of aromatic carboxylic acids is 1. The predicted octanol–water partition coefficient (Wildman–Crippen LogP) is 5.03. The fourth-order valence-electron chi connectivity index (χ4n) is 6.69. The van der Waals surface area contributed by atoms with Crippen LogP contribution in [0.15, 0.2) is 35.7 Å². The molecule has 5 N–H and O–H groups in total. The van der Waals surface area contributed by atoms with Gasteiger partial charge in [0.25, 0.3) is 11.8 Å². The van der Waals surface area contributed by atoms with E-state index in [1.54, 1.807) is 23.5 Å². The Kier molecular flexibility index (Phi) is 7.53. The van der Waals surface area contributed by atoms with Crippen LogP contribution in [0.5, 0.6) is 5.75 Å². The quantitative estimate of drug-likeness (QED) is 0.289. The van der Waals surface area contributed by atoms with Gasteiger partial charge in [0.1, 0.15) is 11.4 Å². The fourth-order valence-corrected chi connectivity index (χ4v) is 7.66. The van der Waals surface area contributed by atoms with Crippen LogP contribution in [-0.4, -0.2) is 53.1 Å². The number of carbonyl (C=O) groups excluding carboxylic acids is 2. The third kappa shape index (κ3) is 5.07. The Morgan fingerprint density at radius 2 is 1.79 bits per heavy atom. The first-order valence-electron chi connectivity index (χ1n) is 14.7. The van der Waals surface area contributed by atoms with Crippen LogP contribution in [-0.2, 0) is 6.42 Å². The van der Waals surface area contributed by atoms with E-state index in [0.717, 1.165) is 67.4 Å². The summed E-state index contributed by atoms with van der Waals surface area (Å²) in [5, 5.41) is 18.3. The third-order valence-corrected chi connectivity index (χ3v) is 10.3. The van der Waals surface area contributed by atoms with Crippen molar-refractivity contribution in [1.29, 1.82) is 0 Å². The number of benzene rings is 1. The second kappa shape index (κ2) is 11.1. The number of pyridine rings is 1. The fraction of sp³-hybridized carbons (Fsp3) is 0.438. The first kappa shape index (κ1) is 28.4. The van der Waals surface area contributed by atoms with Gasteiger partial charge in [-0.25, -0.2) is 9.78 Å². The maximum atomic E-state index is 14.2. The van der Waals surface area contributed by atoms with E-state index >= 15 is 0 Å². The monoisotopic (exact) mass is 588 g/mol. The Labute approximate surface area is 248 Å². The lowest BCUT2D eigenvalue weighted by molar-refractivity contribution is 0.0280. The maximum absolute atomic E-state index is 14.2. The largest absolute Gasteiger partial charge is 0.493 e. The molecule has 10 heteroatoms. The predicted molar refractivity (Wildman–Crippen MR) is 161 cm³/mol. The highest BCUT2D eigenvalue weighted by Gasteiger charge is 2.48. The zero-order valence-electron chi connectivity index (χ0n) is 23.8. The number of amides is 2. The van der Waals surface area contributed by atoms with Gasteiger partial charge in [-0.3, -0.25) is 9.59 Å². The summed E-state index contributed by atoms with van der Waals surface area (Å²) >= 11 is 1.60. The van der Waals surface area contributed by atoms with E-state index in [4.69, 9.17) is 10.5 Å². The molecule has 7 rings (SSSR count). The summed E-state index contributed by atoms with van der Waals surface area (Å²) in [4.78, 5) is 44.6. The van der Waals surface area contributed by atoms with Gasteiger partial charge < -0.3 is 26.2 Å². The van der Waals surface area contributed by atoms with Crippen molar-refractivity contribution in [2.45, 2.75) is 63.8 Å². The zero-order valence-corrected chi connectivity index (χ0v) is 24.6. The molecule has 9 nitrogen and oxygen atoms in total. The Balaban J connectivity index is 1.45. The number of fused-ring (bicyclic) bond motifs is 6. The molecule has 0 unspecified atom stereocenters. The highest BCUT2D eigenvalue weighted by Crippen LogP contribution is 2.52. The first-order chi connectivity index (χ1) is 20.3. The average molecular weight is 589 g/mol. The van der Waals surface area contributed by atoms with E-state index < -0.39 is 11.9 Å². The van der Waals surface area contributed by atoms with Crippen LogP contribution in [0.2, 0.25) is 0 Å². The molecule has 42 heavy (non-hydrogen) atoms. The highest BCUT2D eigenvalue weighted by atomic mass is 32.1. The van der Waals surface area contributed by atoms with Crippen molar-refractivity contribution in [3.8, 4) is 27.3 Å². The van der Waals surface area contributed by atoms with Crippen LogP contribution in [0.4, 0.5) is 0 Å². The molecule has 4 aliphatic rings. The van der Waals surface area contributed by atoms with Gasteiger partial charge in [-0.1, -0.05) is 6.92 Å². The molecule has 3 fully saturated rings. The number of carboxylic acids is 1. The van der Waals surface area contributed by atoms with Gasteiger partial charge >= 0.3 is 5.97 Å². The van der Waals surface area contributed by atoms with Crippen LogP contribution >= 0.6 is 11.3 Å². The summed E-state index contributed by atoms with van der Waals surface area (Å²) < 4.78 is 6.14. The Morgan fingerprint density at radius 3 is 2.48 bits per heavy atom. The van der Waals surface area contributed by atoms with Crippen molar-refractivity contribution >= 4 is 29.1 Å². The van der Waals surface area contributed by atoms with Gasteiger partial charge in [0, 0.05) is 45.6 Å². The van der Waals surface area contributed by atoms with Crippen LogP contribution in [0.25, 0.3) is 21.6 Å². The van der Waals surface area contributed by atoms with Crippen LogP contribution < -0.4 is 21.1 Å². The summed E-state index contributed by atoms with van der Waals surface area (Å²) in [5.74, 6) is -1.39. The number of ether oxygens (including phenoxy) is 1. The van der Waals surface area contributed by atoms with Gasteiger partial charge in [-0.05, 0) is 98.2 Å². The number of thiophene rings is 1. The van der Waals surface area contributed by atoms with E-state index in [1.807, 2.05) is 18.4 Å². The first-order valence-corrected chi connectivity index (χ1v) is 15.6. The summed E-state index contributed by atoms with van der Waals surface area (Å²) in [6, 6.07) is 8.75. The van der Waals surface area contributed by atoms with Gasteiger partial charge in [-0.2, -0.15) is 0 Å².